The Labute approximate surface area is 136 Å². The molecule has 0 unspecified atom stereocenters. The van der Waals surface area contributed by atoms with E-state index in [1.807, 2.05) is 0 Å². The van der Waals surface area contributed by atoms with E-state index < -0.39 is 28.2 Å². The van der Waals surface area contributed by atoms with Crippen molar-refractivity contribution in [3.63, 3.8) is 0 Å². The number of aryl methyl sites for hydroxylation is 1. The molecule has 0 amide bonds. The maximum absolute atomic E-state index is 13.1. The number of nitrogens with one attached hydrogen (secondary N) is 1. The van der Waals surface area contributed by atoms with E-state index in [1.165, 1.54) is 6.07 Å². The third kappa shape index (κ3) is 4.02. The summed E-state index contributed by atoms with van der Waals surface area (Å²) < 4.78 is 66.6. The second-order valence-corrected chi connectivity index (χ2v) is 8.13. The minimum atomic E-state index is -4.39. The Morgan fingerprint density at radius 3 is 2.45 bits per heavy atom. The Morgan fingerprint density at radius 1 is 1.23 bits per heavy atom. The van der Waals surface area contributed by atoms with Crippen molar-refractivity contribution in [3.8, 4) is 0 Å². The Bertz CT molecular complexity index is 646. The summed E-state index contributed by atoms with van der Waals surface area (Å²) >= 11 is 3.16. The minimum Gasteiger partial charge on any atom is -0.207 e. The molecule has 8 heteroatoms. The molecule has 1 aliphatic rings. The average Bonchev–Trinajstić information content (AvgIpc) is 2.36. The van der Waals surface area contributed by atoms with E-state index >= 15 is 0 Å². The molecule has 1 saturated carbocycles. The lowest BCUT2D eigenvalue weighted by Crippen LogP contribution is -2.47. The number of hydrogen-bond acceptors (Lipinski definition) is 2. The van der Waals surface area contributed by atoms with Gasteiger partial charge in [0, 0.05) is 10.5 Å². The van der Waals surface area contributed by atoms with Crippen LogP contribution in [0.2, 0.25) is 0 Å². The SMILES string of the molecule is Cc1ccc(S(=O)(=O)N[C@@H]2CCCC[C@H]2C(F)(F)F)c(Br)c1. The largest absolute Gasteiger partial charge is 0.393 e. The van der Waals surface area contributed by atoms with Crippen molar-refractivity contribution in [2.24, 2.45) is 5.92 Å². The highest BCUT2D eigenvalue weighted by Gasteiger charge is 2.46. The van der Waals surface area contributed by atoms with E-state index in [9.17, 15) is 21.6 Å². The molecule has 2 atom stereocenters. The molecule has 1 fully saturated rings. The molecule has 124 valence electrons. The van der Waals surface area contributed by atoms with Crippen LogP contribution in [-0.2, 0) is 10.0 Å². The van der Waals surface area contributed by atoms with E-state index in [-0.39, 0.29) is 17.7 Å². The summed E-state index contributed by atoms with van der Waals surface area (Å²) in [5, 5.41) is 0. The van der Waals surface area contributed by atoms with Gasteiger partial charge in [-0.2, -0.15) is 13.2 Å². The zero-order valence-corrected chi connectivity index (χ0v) is 14.4. The first kappa shape index (κ1) is 17.7. The van der Waals surface area contributed by atoms with Gasteiger partial charge in [0.2, 0.25) is 10.0 Å². The third-order valence-electron chi connectivity index (χ3n) is 3.87. The predicted octanol–water partition coefficient (Wildman–Crippen LogP) is 4.16. The van der Waals surface area contributed by atoms with Crippen molar-refractivity contribution < 1.29 is 21.6 Å². The van der Waals surface area contributed by atoms with Gasteiger partial charge in [-0.25, -0.2) is 13.1 Å². The molecular weight excluding hydrogens is 383 g/mol. The van der Waals surface area contributed by atoms with Crippen LogP contribution < -0.4 is 4.72 Å². The highest BCUT2D eigenvalue weighted by Crippen LogP contribution is 2.38. The van der Waals surface area contributed by atoms with Gasteiger partial charge >= 0.3 is 6.18 Å². The normalized spacial score (nSPS) is 23.5. The molecule has 0 bridgehead atoms. The molecule has 0 radical (unpaired) electrons. The average molecular weight is 400 g/mol. The molecule has 0 spiro atoms. The second kappa shape index (κ2) is 6.49. The van der Waals surface area contributed by atoms with Crippen LogP contribution in [0.4, 0.5) is 13.2 Å². The summed E-state index contributed by atoms with van der Waals surface area (Å²) in [6, 6.07) is 3.53. The van der Waals surface area contributed by atoms with Crippen LogP contribution in [0.1, 0.15) is 31.2 Å². The van der Waals surface area contributed by atoms with Crippen molar-refractivity contribution in [1.82, 2.24) is 4.72 Å². The van der Waals surface area contributed by atoms with Crippen LogP contribution in [0.5, 0.6) is 0 Å². The van der Waals surface area contributed by atoms with E-state index in [2.05, 4.69) is 20.7 Å². The molecule has 22 heavy (non-hydrogen) atoms. The minimum absolute atomic E-state index is 0.0360. The molecular formula is C14H17BrF3NO2S. The van der Waals surface area contributed by atoms with Crippen molar-refractivity contribution in [2.45, 2.75) is 49.7 Å². The fourth-order valence-electron chi connectivity index (χ4n) is 2.75. The Morgan fingerprint density at radius 2 is 1.86 bits per heavy atom. The maximum Gasteiger partial charge on any atom is 0.393 e. The number of hydrogen-bond donors (Lipinski definition) is 1. The fourth-order valence-corrected chi connectivity index (χ4v) is 5.25. The fraction of sp³-hybridized carbons (Fsp3) is 0.571. The molecule has 1 aromatic carbocycles. The summed E-state index contributed by atoms with van der Waals surface area (Å²) in [5.41, 5.74) is 0.858. The number of alkyl halides is 3. The number of sulfonamides is 1. The standard InChI is InChI=1S/C14H17BrF3NO2S/c1-9-6-7-13(11(15)8-9)22(20,21)19-12-5-3-2-4-10(12)14(16,17)18/h6-8,10,12,19H,2-5H2,1H3/t10-,12-/m1/s1. The topological polar surface area (TPSA) is 46.2 Å². The zero-order chi connectivity index (χ0) is 16.5. The van der Waals surface area contributed by atoms with Gasteiger partial charge < -0.3 is 0 Å². The summed E-state index contributed by atoms with van der Waals surface area (Å²) in [7, 11) is -4.00. The molecule has 1 N–H and O–H groups in total. The Hall–Kier alpha value is -0.600. The molecule has 0 heterocycles. The van der Waals surface area contributed by atoms with Gasteiger partial charge in [0.05, 0.1) is 10.8 Å². The molecule has 1 aromatic rings. The monoisotopic (exact) mass is 399 g/mol. The van der Waals surface area contributed by atoms with Gasteiger partial charge in [-0.05, 0) is 53.4 Å². The number of halogens is 4. The molecule has 2 rings (SSSR count). The molecule has 0 aliphatic heterocycles. The van der Waals surface area contributed by atoms with E-state index in [0.29, 0.717) is 17.3 Å². The van der Waals surface area contributed by atoms with Crippen LogP contribution in [0.25, 0.3) is 0 Å². The first-order valence-electron chi connectivity index (χ1n) is 6.96. The van der Waals surface area contributed by atoms with Gasteiger partial charge in [-0.3, -0.25) is 0 Å². The highest BCUT2D eigenvalue weighted by molar-refractivity contribution is 9.10. The molecule has 3 nitrogen and oxygen atoms in total. The van der Waals surface area contributed by atoms with Gasteiger partial charge in [-0.1, -0.05) is 18.9 Å². The highest BCUT2D eigenvalue weighted by atomic mass is 79.9. The summed E-state index contributed by atoms with van der Waals surface area (Å²) in [4.78, 5) is -0.0374. The smallest absolute Gasteiger partial charge is 0.207 e. The quantitative estimate of drug-likeness (QED) is 0.829. The van der Waals surface area contributed by atoms with Crippen molar-refractivity contribution in [2.75, 3.05) is 0 Å². The van der Waals surface area contributed by atoms with Gasteiger partial charge in [0.25, 0.3) is 0 Å². The van der Waals surface area contributed by atoms with Crippen LogP contribution in [-0.4, -0.2) is 20.6 Å². The summed E-state index contributed by atoms with van der Waals surface area (Å²) in [5.74, 6) is -1.62. The summed E-state index contributed by atoms with van der Waals surface area (Å²) in [6.07, 6.45) is -3.16. The zero-order valence-electron chi connectivity index (χ0n) is 12.0. The first-order chi connectivity index (χ1) is 10.1. The molecule has 0 aromatic heterocycles. The number of rotatable bonds is 3. The molecule has 1 aliphatic carbocycles. The van der Waals surface area contributed by atoms with Gasteiger partial charge in [-0.15, -0.1) is 0 Å². The first-order valence-corrected chi connectivity index (χ1v) is 9.24. The lowest BCUT2D eigenvalue weighted by Gasteiger charge is -2.33. The number of benzene rings is 1. The summed E-state index contributed by atoms with van der Waals surface area (Å²) in [6.45, 7) is 1.80. The van der Waals surface area contributed by atoms with Gasteiger partial charge in [0.1, 0.15) is 0 Å². The van der Waals surface area contributed by atoms with Crippen LogP contribution in [0.3, 0.4) is 0 Å². The Kier molecular flexibility index (Phi) is 5.23. The third-order valence-corrected chi connectivity index (χ3v) is 6.34. The Balaban J connectivity index is 2.27. The van der Waals surface area contributed by atoms with Crippen LogP contribution >= 0.6 is 15.9 Å². The lowest BCUT2D eigenvalue weighted by atomic mass is 9.85. The molecule has 0 saturated heterocycles. The maximum atomic E-state index is 13.1. The second-order valence-electron chi connectivity index (χ2n) is 5.59. The van der Waals surface area contributed by atoms with Gasteiger partial charge in [0.15, 0.2) is 0 Å². The van der Waals surface area contributed by atoms with Crippen molar-refractivity contribution >= 4 is 26.0 Å². The van der Waals surface area contributed by atoms with Crippen molar-refractivity contribution in [3.05, 3.63) is 28.2 Å². The predicted molar refractivity (Wildman–Crippen MR) is 81.0 cm³/mol. The van der Waals surface area contributed by atoms with E-state index in [4.69, 9.17) is 0 Å². The van der Waals surface area contributed by atoms with Crippen molar-refractivity contribution in [1.29, 1.82) is 0 Å². The van der Waals surface area contributed by atoms with Crippen LogP contribution in [0, 0.1) is 12.8 Å². The lowest BCUT2D eigenvalue weighted by molar-refractivity contribution is -0.187. The van der Waals surface area contributed by atoms with E-state index in [0.717, 1.165) is 5.56 Å². The van der Waals surface area contributed by atoms with Crippen LogP contribution in [0.15, 0.2) is 27.6 Å². The van der Waals surface area contributed by atoms with E-state index in [1.54, 1.807) is 19.1 Å².